The van der Waals surface area contributed by atoms with Crippen molar-refractivity contribution in [2.24, 2.45) is 0 Å². The number of nitrogens with zero attached hydrogens (tertiary/aromatic N) is 5. The molecule has 1 aromatic carbocycles. The number of piperazine rings is 1. The van der Waals surface area contributed by atoms with Gasteiger partial charge < -0.3 is 9.88 Å². The van der Waals surface area contributed by atoms with E-state index in [4.69, 9.17) is 0 Å². The van der Waals surface area contributed by atoms with Gasteiger partial charge in [-0.15, -0.1) is 0 Å². The average molecular weight is 422 g/mol. The molecule has 1 fully saturated rings. The number of H-pyrrole nitrogens is 1. The summed E-state index contributed by atoms with van der Waals surface area (Å²) in [5.41, 5.74) is 1.92. The first-order chi connectivity index (χ1) is 15.0. The van der Waals surface area contributed by atoms with Crippen molar-refractivity contribution >= 4 is 22.4 Å². The van der Waals surface area contributed by atoms with Crippen LogP contribution in [-0.2, 0) is 13.1 Å². The summed E-state index contributed by atoms with van der Waals surface area (Å²) >= 11 is 0. The Morgan fingerprint density at radius 3 is 2.42 bits per heavy atom. The van der Waals surface area contributed by atoms with Crippen LogP contribution >= 0.6 is 0 Å². The van der Waals surface area contributed by atoms with Gasteiger partial charge in [-0.05, 0) is 24.6 Å². The molecule has 0 unspecified atom stereocenters. The molecule has 0 amide bonds. The van der Waals surface area contributed by atoms with Gasteiger partial charge in [-0.3, -0.25) is 19.1 Å². The SMILES string of the molecule is CCC(=O)c1ncc(N2CCN(Cc3ccc4c(=O)n(CC)c(=O)[nH]c4c3)CC2)cn1. The van der Waals surface area contributed by atoms with E-state index >= 15 is 0 Å². The summed E-state index contributed by atoms with van der Waals surface area (Å²) in [6.45, 7) is 8.05. The Hall–Kier alpha value is -3.33. The van der Waals surface area contributed by atoms with Gasteiger partial charge >= 0.3 is 5.69 Å². The van der Waals surface area contributed by atoms with Crippen molar-refractivity contribution in [3.63, 3.8) is 0 Å². The molecule has 3 aromatic rings. The van der Waals surface area contributed by atoms with E-state index in [9.17, 15) is 14.4 Å². The van der Waals surface area contributed by atoms with Crippen LogP contribution in [0.1, 0.15) is 36.5 Å². The summed E-state index contributed by atoms with van der Waals surface area (Å²) in [4.78, 5) is 52.0. The number of nitrogens with one attached hydrogen (secondary N) is 1. The van der Waals surface area contributed by atoms with Crippen molar-refractivity contribution < 1.29 is 4.79 Å². The minimum absolute atomic E-state index is 0.0540. The number of hydrogen-bond donors (Lipinski definition) is 1. The number of Topliss-reactive ketones (excluding diaryl/α,β-unsaturated/α-hetero) is 1. The number of carbonyl (C=O) groups is 1. The van der Waals surface area contributed by atoms with E-state index in [1.165, 1.54) is 4.57 Å². The molecule has 0 bridgehead atoms. The van der Waals surface area contributed by atoms with E-state index in [2.05, 4.69) is 24.8 Å². The van der Waals surface area contributed by atoms with Crippen LogP contribution in [0, 0.1) is 0 Å². The molecule has 2 aromatic heterocycles. The number of aromatic nitrogens is 4. The molecular formula is C22H26N6O3. The maximum Gasteiger partial charge on any atom is 0.328 e. The smallest absolute Gasteiger partial charge is 0.328 e. The van der Waals surface area contributed by atoms with Crippen LogP contribution in [0.15, 0.2) is 40.2 Å². The lowest BCUT2D eigenvalue weighted by Crippen LogP contribution is -2.46. The molecule has 0 atom stereocenters. The highest BCUT2D eigenvalue weighted by atomic mass is 16.2. The first kappa shape index (κ1) is 20.9. The second kappa shape index (κ2) is 8.81. The Kier molecular flexibility index (Phi) is 5.94. The summed E-state index contributed by atoms with van der Waals surface area (Å²) < 4.78 is 1.20. The molecule has 0 saturated carbocycles. The van der Waals surface area contributed by atoms with E-state index in [0.717, 1.165) is 44.0 Å². The van der Waals surface area contributed by atoms with Crippen molar-refractivity contribution in [3.05, 3.63) is 62.8 Å². The highest BCUT2D eigenvalue weighted by Crippen LogP contribution is 2.17. The summed E-state index contributed by atoms with van der Waals surface area (Å²) in [6.07, 6.45) is 3.83. The van der Waals surface area contributed by atoms with E-state index in [1.54, 1.807) is 32.3 Å². The van der Waals surface area contributed by atoms with E-state index < -0.39 is 0 Å². The predicted octanol–water partition coefficient (Wildman–Crippen LogP) is 1.41. The Labute approximate surface area is 179 Å². The van der Waals surface area contributed by atoms with E-state index in [1.807, 2.05) is 12.1 Å². The molecule has 162 valence electrons. The summed E-state index contributed by atoms with van der Waals surface area (Å²) in [5, 5.41) is 0.528. The molecule has 1 aliphatic heterocycles. The van der Waals surface area contributed by atoms with Crippen LogP contribution in [0.5, 0.6) is 0 Å². The molecule has 1 saturated heterocycles. The molecule has 0 spiro atoms. The van der Waals surface area contributed by atoms with Gasteiger partial charge in [0.05, 0.1) is 29.0 Å². The van der Waals surface area contributed by atoms with Gasteiger partial charge in [0.15, 0.2) is 11.6 Å². The number of hydrogen-bond acceptors (Lipinski definition) is 7. The highest BCUT2D eigenvalue weighted by molar-refractivity contribution is 5.92. The Bertz CT molecular complexity index is 1210. The first-order valence-electron chi connectivity index (χ1n) is 10.6. The predicted molar refractivity (Wildman–Crippen MR) is 119 cm³/mol. The summed E-state index contributed by atoms with van der Waals surface area (Å²) in [7, 11) is 0. The molecule has 31 heavy (non-hydrogen) atoms. The van der Waals surface area contributed by atoms with E-state index in [-0.39, 0.29) is 22.9 Å². The van der Waals surface area contributed by atoms with Crippen molar-refractivity contribution in [1.82, 2.24) is 24.4 Å². The number of benzene rings is 1. The molecule has 4 rings (SSSR count). The Balaban J connectivity index is 1.42. The molecule has 1 aliphatic rings. The minimum Gasteiger partial charge on any atom is -0.366 e. The van der Waals surface area contributed by atoms with Crippen LogP contribution in [0.25, 0.3) is 10.9 Å². The minimum atomic E-state index is -0.375. The third kappa shape index (κ3) is 4.27. The van der Waals surface area contributed by atoms with Crippen molar-refractivity contribution in [1.29, 1.82) is 0 Å². The van der Waals surface area contributed by atoms with Crippen LogP contribution < -0.4 is 16.1 Å². The lowest BCUT2D eigenvalue weighted by atomic mass is 10.1. The molecule has 0 aliphatic carbocycles. The monoisotopic (exact) mass is 422 g/mol. The molecule has 9 nitrogen and oxygen atoms in total. The lowest BCUT2D eigenvalue weighted by molar-refractivity contribution is 0.0978. The van der Waals surface area contributed by atoms with Gasteiger partial charge in [-0.25, -0.2) is 14.8 Å². The van der Waals surface area contributed by atoms with Crippen LogP contribution in [0.4, 0.5) is 5.69 Å². The number of rotatable bonds is 6. The Morgan fingerprint density at radius 1 is 1.06 bits per heavy atom. The van der Waals surface area contributed by atoms with Crippen LogP contribution in [0.2, 0.25) is 0 Å². The summed E-state index contributed by atoms with van der Waals surface area (Å²) in [5.74, 6) is 0.214. The fourth-order valence-corrected chi connectivity index (χ4v) is 3.90. The van der Waals surface area contributed by atoms with Gasteiger partial charge in [0.1, 0.15) is 0 Å². The number of fused-ring (bicyclic) bond motifs is 1. The maximum absolute atomic E-state index is 12.4. The number of ketones is 1. The first-order valence-corrected chi connectivity index (χ1v) is 10.6. The second-order valence-corrected chi connectivity index (χ2v) is 7.66. The van der Waals surface area contributed by atoms with Gasteiger partial charge in [0, 0.05) is 45.7 Å². The van der Waals surface area contributed by atoms with Crippen molar-refractivity contribution in [2.45, 2.75) is 33.4 Å². The van der Waals surface area contributed by atoms with Crippen LogP contribution in [-0.4, -0.2) is 56.4 Å². The Morgan fingerprint density at radius 2 is 1.77 bits per heavy atom. The van der Waals surface area contributed by atoms with Crippen LogP contribution in [0.3, 0.4) is 0 Å². The maximum atomic E-state index is 12.4. The van der Waals surface area contributed by atoms with Gasteiger partial charge in [-0.2, -0.15) is 0 Å². The zero-order chi connectivity index (χ0) is 22.0. The molecule has 9 heteroatoms. The second-order valence-electron chi connectivity index (χ2n) is 7.66. The summed E-state index contributed by atoms with van der Waals surface area (Å²) in [6, 6.07) is 5.63. The third-order valence-corrected chi connectivity index (χ3v) is 5.71. The molecular weight excluding hydrogens is 396 g/mol. The zero-order valence-corrected chi connectivity index (χ0v) is 17.8. The van der Waals surface area contributed by atoms with Crippen molar-refractivity contribution in [2.75, 3.05) is 31.1 Å². The van der Waals surface area contributed by atoms with Crippen molar-refractivity contribution in [3.8, 4) is 0 Å². The fraction of sp³-hybridized carbons (Fsp3) is 0.409. The van der Waals surface area contributed by atoms with E-state index in [0.29, 0.717) is 23.9 Å². The van der Waals surface area contributed by atoms with Gasteiger partial charge in [0.25, 0.3) is 5.56 Å². The third-order valence-electron chi connectivity index (χ3n) is 5.71. The normalized spacial score (nSPS) is 14.8. The topological polar surface area (TPSA) is 104 Å². The largest absolute Gasteiger partial charge is 0.366 e. The number of carbonyl (C=O) groups excluding carboxylic acids is 1. The quantitative estimate of drug-likeness (QED) is 0.599. The van der Waals surface area contributed by atoms with Gasteiger partial charge in [0.2, 0.25) is 0 Å². The molecule has 3 heterocycles. The zero-order valence-electron chi connectivity index (χ0n) is 17.8. The molecule has 1 N–H and O–H groups in total. The lowest BCUT2D eigenvalue weighted by Gasteiger charge is -2.35. The molecule has 0 radical (unpaired) electrons. The standard InChI is InChI=1S/C22H26N6O3/c1-3-19(29)20-23-12-16(13-24-20)27-9-7-26(8-10-27)14-15-5-6-17-18(11-15)25-22(31)28(4-2)21(17)30/h5-6,11-13H,3-4,7-10,14H2,1-2H3,(H,25,31). The van der Waals surface area contributed by atoms with Gasteiger partial charge in [-0.1, -0.05) is 13.0 Å². The number of anilines is 1. The number of aromatic amines is 1. The average Bonchev–Trinajstić information content (AvgIpc) is 2.79. The highest BCUT2D eigenvalue weighted by Gasteiger charge is 2.19. The fourth-order valence-electron chi connectivity index (χ4n) is 3.90.